The van der Waals surface area contributed by atoms with Crippen LogP contribution in [-0.4, -0.2) is 48.4 Å². The van der Waals surface area contributed by atoms with Crippen molar-refractivity contribution in [2.24, 2.45) is 0 Å². The summed E-state index contributed by atoms with van der Waals surface area (Å²) in [6, 6.07) is 12.0. The van der Waals surface area contributed by atoms with Crippen molar-refractivity contribution in [3.05, 3.63) is 48.0 Å². The smallest absolute Gasteiger partial charge is 0.279 e. The summed E-state index contributed by atoms with van der Waals surface area (Å²) in [5, 5.41) is 2.69. The maximum absolute atomic E-state index is 12.4. The predicted octanol–water partition coefficient (Wildman–Crippen LogP) is 0.761. The Morgan fingerprint density at radius 2 is 1.78 bits per heavy atom. The molecule has 146 valence electrons. The van der Waals surface area contributed by atoms with E-state index in [2.05, 4.69) is 5.32 Å². The molecule has 0 heterocycles. The number of ether oxygens (including phenoxy) is 2. The van der Waals surface area contributed by atoms with Crippen LogP contribution in [0.4, 0.5) is 5.69 Å². The number of quaternary nitrogens is 1. The number of carbonyl (C=O) groups excluding carboxylic acids is 1. The number of hydrogen-bond acceptors (Lipinski definition) is 5. The molecule has 0 aliphatic rings. The third-order valence-electron chi connectivity index (χ3n) is 4.00. The van der Waals surface area contributed by atoms with E-state index in [1.807, 2.05) is 25.2 Å². The van der Waals surface area contributed by atoms with Crippen molar-refractivity contribution in [3.8, 4) is 11.5 Å². The zero-order valence-corrected chi connectivity index (χ0v) is 16.7. The zero-order chi connectivity index (χ0) is 20.0. The van der Waals surface area contributed by atoms with Crippen LogP contribution in [-0.2, 0) is 21.2 Å². The number of carbonyl (C=O) groups is 1. The van der Waals surface area contributed by atoms with E-state index in [1.54, 1.807) is 32.4 Å². The van der Waals surface area contributed by atoms with Crippen molar-refractivity contribution in [1.82, 2.24) is 0 Å². The molecule has 0 radical (unpaired) electrons. The zero-order valence-electron chi connectivity index (χ0n) is 15.9. The van der Waals surface area contributed by atoms with Gasteiger partial charge in [-0.15, -0.1) is 0 Å². The Morgan fingerprint density at radius 3 is 2.41 bits per heavy atom. The first-order valence-electron chi connectivity index (χ1n) is 8.36. The molecular formula is C19H25N2O5S+. The highest BCUT2D eigenvalue weighted by Gasteiger charge is 2.18. The number of amides is 1. The van der Waals surface area contributed by atoms with E-state index in [0.29, 0.717) is 18.0 Å². The Balaban J connectivity index is 2.08. The van der Waals surface area contributed by atoms with Crippen LogP contribution >= 0.6 is 0 Å². The van der Waals surface area contributed by atoms with Gasteiger partial charge in [0.2, 0.25) is 0 Å². The highest BCUT2D eigenvalue weighted by Crippen LogP contribution is 2.30. The molecule has 0 fully saturated rings. The van der Waals surface area contributed by atoms with Crippen LogP contribution in [0.3, 0.4) is 0 Å². The lowest BCUT2D eigenvalue weighted by atomic mass is 10.1. The van der Waals surface area contributed by atoms with Gasteiger partial charge < -0.3 is 19.7 Å². The Kier molecular flexibility index (Phi) is 6.81. The largest absolute Gasteiger partial charge is 0.493 e. The van der Waals surface area contributed by atoms with E-state index < -0.39 is 9.84 Å². The van der Waals surface area contributed by atoms with E-state index in [0.717, 1.165) is 16.7 Å². The molecule has 0 saturated heterocycles. The highest BCUT2D eigenvalue weighted by atomic mass is 32.2. The number of hydrogen-bond donors (Lipinski definition) is 2. The fourth-order valence-corrected chi connectivity index (χ4v) is 3.69. The average Bonchev–Trinajstić information content (AvgIpc) is 2.60. The molecule has 0 saturated carbocycles. The molecule has 1 amide bonds. The minimum atomic E-state index is -3.42. The number of para-hydroxylation sites is 2. The van der Waals surface area contributed by atoms with Gasteiger partial charge in [0.1, 0.15) is 6.54 Å². The van der Waals surface area contributed by atoms with Crippen LogP contribution in [0, 0.1) is 0 Å². The predicted molar refractivity (Wildman–Crippen MR) is 103 cm³/mol. The van der Waals surface area contributed by atoms with E-state index in [9.17, 15) is 13.2 Å². The molecule has 0 aliphatic carbocycles. The van der Waals surface area contributed by atoms with Gasteiger partial charge in [-0.1, -0.05) is 18.2 Å². The Labute approximate surface area is 159 Å². The Bertz CT molecular complexity index is 912. The van der Waals surface area contributed by atoms with Gasteiger partial charge in [-0.25, -0.2) is 8.42 Å². The maximum atomic E-state index is 12.4. The first-order valence-corrected chi connectivity index (χ1v) is 10.3. The molecule has 7 nitrogen and oxygen atoms in total. The van der Waals surface area contributed by atoms with Crippen LogP contribution in [0.2, 0.25) is 0 Å². The van der Waals surface area contributed by atoms with Crippen molar-refractivity contribution in [2.75, 3.05) is 39.4 Å². The number of methoxy groups -OCH3 is 2. The van der Waals surface area contributed by atoms with Crippen molar-refractivity contribution in [1.29, 1.82) is 0 Å². The second kappa shape index (κ2) is 8.88. The highest BCUT2D eigenvalue weighted by molar-refractivity contribution is 7.90. The molecule has 2 N–H and O–H groups in total. The molecule has 0 aliphatic heterocycles. The summed E-state index contributed by atoms with van der Waals surface area (Å²) >= 11 is 0. The van der Waals surface area contributed by atoms with Crippen LogP contribution in [0.25, 0.3) is 0 Å². The summed E-state index contributed by atoms with van der Waals surface area (Å²) in [6.07, 6.45) is 1.12. The van der Waals surface area contributed by atoms with E-state index in [4.69, 9.17) is 9.47 Å². The summed E-state index contributed by atoms with van der Waals surface area (Å²) in [5.41, 5.74) is 1.20. The van der Waals surface area contributed by atoms with Gasteiger partial charge in [0.25, 0.3) is 5.91 Å². The van der Waals surface area contributed by atoms with Crippen LogP contribution in [0.1, 0.15) is 5.56 Å². The molecule has 2 aromatic carbocycles. The van der Waals surface area contributed by atoms with Gasteiger partial charge in [0.15, 0.2) is 27.9 Å². The number of nitrogens with one attached hydrogen (secondary N) is 2. The lowest BCUT2D eigenvalue weighted by molar-refractivity contribution is -0.885. The number of likely N-dealkylation sites (N-methyl/N-ethyl adjacent to an activating group) is 1. The molecular weight excluding hydrogens is 368 g/mol. The van der Waals surface area contributed by atoms with E-state index in [-0.39, 0.29) is 23.0 Å². The lowest BCUT2D eigenvalue weighted by Gasteiger charge is -2.17. The number of sulfone groups is 1. The first-order chi connectivity index (χ1) is 12.8. The molecule has 2 rings (SSSR count). The number of rotatable bonds is 8. The third kappa shape index (κ3) is 5.45. The molecule has 0 spiro atoms. The van der Waals surface area contributed by atoms with Crippen molar-refractivity contribution in [2.45, 2.75) is 11.4 Å². The summed E-state index contributed by atoms with van der Waals surface area (Å²) in [7, 11) is 1.60. The first kappa shape index (κ1) is 20.7. The maximum Gasteiger partial charge on any atom is 0.279 e. The second-order valence-electron chi connectivity index (χ2n) is 6.28. The van der Waals surface area contributed by atoms with Crippen LogP contribution in [0.5, 0.6) is 11.5 Å². The standard InChI is InChI=1S/C19H24N2O5S/c1-21(12-14-8-7-10-16(25-2)19(14)26-3)13-18(22)20-15-9-5-6-11-17(15)27(4,23)24/h5-11H,12-13H2,1-4H3,(H,20,22)/p+1. The van der Waals surface area contributed by atoms with Gasteiger partial charge in [0, 0.05) is 6.26 Å². The van der Waals surface area contributed by atoms with Gasteiger partial charge in [0.05, 0.1) is 37.4 Å². The Morgan fingerprint density at radius 1 is 1.07 bits per heavy atom. The number of benzene rings is 2. The fourth-order valence-electron chi connectivity index (χ4n) is 2.84. The summed E-state index contributed by atoms with van der Waals surface area (Å²) in [6.45, 7) is 0.708. The monoisotopic (exact) mass is 393 g/mol. The van der Waals surface area contributed by atoms with E-state index >= 15 is 0 Å². The second-order valence-corrected chi connectivity index (χ2v) is 8.26. The van der Waals surface area contributed by atoms with Crippen molar-refractivity contribution < 1.29 is 27.6 Å². The lowest BCUT2D eigenvalue weighted by Crippen LogP contribution is -3.08. The Hall–Kier alpha value is -2.58. The van der Waals surface area contributed by atoms with Crippen LogP contribution in [0.15, 0.2) is 47.4 Å². The fraction of sp³-hybridized carbons (Fsp3) is 0.316. The molecule has 8 heteroatoms. The number of anilines is 1. The summed E-state index contributed by atoms with van der Waals surface area (Å²) in [5.74, 6) is 1.00. The minimum absolute atomic E-state index is 0.102. The average molecular weight is 393 g/mol. The van der Waals surface area contributed by atoms with Crippen LogP contribution < -0.4 is 19.7 Å². The third-order valence-corrected chi connectivity index (χ3v) is 5.15. The van der Waals surface area contributed by atoms with Gasteiger partial charge in [-0.05, 0) is 24.3 Å². The molecule has 27 heavy (non-hydrogen) atoms. The molecule has 0 bridgehead atoms. The summed E-state index contributed by atoms with van der Waals surface area (Å²) < 4.78 is 34.4. The van der Waals surface area contributed by atoms with Gasteiger partial charge >= 0.3 is 0 Å². The van der Waals surface area contributed by atoms with Crippen molar-refractivity contribution in [3.63, 3.8) is 0 Å². The topological polar surface area (TPSA) is 86.1 Å². The van der Waals surface area contributed by atoms with Crippen molar-refractivity contribution >= 4 is 21.4 Å². The SMILES string of the molecule is COc1cccc(C[NH+](C)CC(=O)Nc2ccccc2S(C)(=O)=O)c1OC. The van der Waals surface area contributed by atoms with E-state index in [1.165, 1.54) is 6.07 Å². The molecule has 1 atom stereocenters. The quantitative estimate of drug-likeness (QED) is 0.692. The molecule has 0 aromatic heterocycles. The summed E-state index contributed by atoms with van der Waals surface area (Å²) in [4.78, 5) is 13.4. The van der Waals surface area contributed by atoms with Gasteiger partial charge in [-0.2, -0.15) is 0 Å². The van der Waals surface area contributed by atoms with Gasteiger partial charge in [-0.3, -0.25) is 4.79 Å². The minimum Gasteiger partial charge on any atom is -0.493 e. The normalized spacial score (nSPS) is 12.3. The molecule has 2 aromatic rings. The molecule has 1 unspecified atom stereocenters.